The molecule has 0 fully saturated rings. The van der Waals surface area contributed by atoms with Gasteiger partial charge in [0.25, 0.3) is 5.95 Å². The lowest BCUT2D eigenvalue weighted by Crippen LogP contribution is -2.15. The van der Waals surface area contributed by atoms with Crippen molar-refractivity contribution in [2.45, 2.75) is 6.92 Å². The lowest BCUT2D eigenvalue weighted by atomic mass is 10.2. The van der Waals surface area contributed by atoms with Crippen LogP contribution in [0.2, 0.25) is 0 Å². The topological polar surface area (TPSA) is 117 Å². The quantitative estimate of drug-likeness (QED) is 0.304. The van der Waals surface area contributed by atoms with Crippen molar-refractivity contribution in [3.8, 4) is 22.9 Å². The van der Waals surface area contributed by atoms with E-state index in [9.17, 15) is 9.59 Å². The Labute approximate surface area is 164 Å². The normalized spacial score (nSPS) is 12.0. The van der Waals surface area contributed by atoms with Crippen LogP contribution in [0.1, 0.15) is 6.92 Å². The Morgan fingerprint density at radius 3 is 2.66 bits per heavy atom. The Morgan fingerprint density at radius 1 is 1.17 bits per heavy atom. The largest absolute Gasteiger partial charge is 0.486 e. The van der Waals surface area contributed by atoms with Crippen molar-refractivity contribution in [1.82, 2.24) is 14.8 Å². The number of isocyanates is 1. The zero-order valence-electron chi connectivity index (χ0n) is 15.3. The van der Waals surface area contributed by atoms with Gasteiger partial charge in [-0.2, -0.15) is 9.67 Å². The van der Waals surface area contributed by atoms with Gasteiger partial charge in [-0.05, 0) is 36.4 Å². The van der Waals surface area contributed by atoms with Crippen molar-refractivity contribution in [2.24, 2.45) is 4.99 Å². The summed E-state index contributed by atoms with van der Waals surface area (Å²) in [5, 5.41) is 7.38. The van der Waals surface area contributed by atoms with Gasteiger partial charge in [0, 0.05) is 18.7 Å². The van der Waals surface area contributed by atoms with Crippen molar-refractivity contribution in [2.75, 3.05) is 18.5 Å². The predicted octanol–water partition coefficient (Wildman–Crippen LogP) is 2.67. The van der Waals surface area contributed by atoms with E-state index in [1.165, 1.54) is 17.7 Å². The van der Waals surface area contributed by atoms with Crippen LogP contribution in [0.5, 0.6) is 17.2 Å². The zero-order chi connectivity index (χ0) is 20.2. The lowest BCUT2D eigenvalue weighted by Gasteiger charge is -2.18. The molecule has 0 saturated carbocycles. The van der Waals surface area contributed by atoms with Crippen LogP contribution in [0.4, 0.5) is 17.6 Å². The molecule has 0 atom stereocenters. The molecule has 0 unspecified atom stereocenters. The molecule has 2 heterocycles. The van der Waals surface area contributed by atoms with E-state index in [0.717, 1.165) is 0 Å². The standard InChI is InChI=1S/C19H15N5O5/c1-12(26)29-15-5-3-14(4-6-15)24-19(20-11-25)22-18(23-24)21-13-2-7-16-17(10-13)28-9-8-27-16/h2-7,10H,8-9H2,1H3,(H,21,23). The molecule has 1 aliphatic rings. The van der Waals surface area contributed by atoms with E-state index in [-0.39, 0.29) is 11.9 Å². The van der Waals surface area contributed by atoms with Gasteiger partial charge in [0.05, 0.1) is 5.69 Å². The number of rotatable bonds is 5. The van der Waals surface area contributed by atoms with Gasteiger partial charge in [-0.25, -0.2) is 4.79 Å². The van der Waals surface area contributed by atoms with Crippen LogP contribution in [0.3, 0.4) is 0 Å². The molecule has 0 aliphatic carbocycles. The summed E-state index contributed by atoms with van der Waals surface area (Å²) in [4.78, 5) is 29.6. The number of ether oxygens (including phenoxy) is 3. The van der Waals surface area contributed by atoms with E-state index in [1.807, 2.05) is 0 Å². The van der Waals surface area contributed by atoms with E-state index < -0.39 is 5.97 Å². The Hall–Kier alpha value is -4.17. The number of benzene rings is 2. The summed E-state index contributed by atoms with van der Waals surface area (Å²) in [7, 11) is 0. The second kappa shape index (κ2) is 7.83. The van der Waals surface area contributed by atoms with Crippen molar-refractivity contribution >= 4 is 29.6 Å². The van der Waals surface area contributed by atoms with Crippen LogP contribution in [0.25, 0.3) is 5.69 Å². The highest BCUT2D eigenvalue weighted by Gasteiger charge is 2.15. The van der Waals surface area contributed by atoms with Gasteiger partial charge < -0.3 is 19.5 Å². The van der Waals surface area contributed by atoms with Gasteiger partial charge in [-0.1, -0.05) is 0 Å². The number of anilines is 2. The van der Waals surface area contributed by atoms with Gasteiger partial charge >= 0.3 is 5.97 Å². The molecule has 1 aromatic heterocycles. The van der Waals surface area contributed by atoms with Gasteiger partial charge in [0.2, 0.25) is 12.0 Å². The second-order valence-electron chi connectivity index (χ2n) is 5.92. The molecule has 1 N–H and O–H groups in total. The molecule has 0 saturated heterocycles. The first-order valence-corrected chi connectivity index (χ1v) is 8.63. The number of aliphatic imine (C=N–C) groups is 1. The number of carbonyl (C=O) groups is 1. The maximum absolute atomic E-state index is 11.0. The molecule has 10 heteroatoms. The number of carbonyl (C=O) groups excluding carboxylic acids is 2. The van der Waals surface area contributed by atoms with Gasteiger partial charge in [-0.15, -0.1) is 10.1 Å². The zero-order valence-corrected chi connectivity index (χ0v) is 15.3. The van der Waals surface area contributed by atoms with Crippen LogP contribution in [0, 0.1) is 0 Å². The van der Waals surface area contributed by atoms with E-state index in [1.54, 1.807) is 42.5 Å². The minimum absolute atomic E-state index is 0.0419. The molecule has 146 valence electrons. The van der Waals surface area contributed by atoms with E-state index in [2.05, 4.69) is 20.4 Å². The molecule has 4 rings (SSSR count). The monoisotopic (exact) mass is 393 g/mol. The first-order valence-electron chi connectivity index (χ1n) is 8.63. The summed E-state index contributed by atoms with van der Waals surface area (Å²) >= 11 is 0. The van der Waals surface area contributed by atoms with Crippen LogP contribution in [-0.2, 0) is 9.59 Å². The van der Waals surface area contributed by atoms with Crippen LogP contribution >= 0.6 is 0 Å². The first kappa shape index (κ1) is 18.2. The highest BCUT2D eigenvalue weighted by molar-refractivity contribution is 5.69. The summed E-state index contributed by atoms with van der Waals surface area (Å²) in [6, 6.07) is 11.9. The highest BCUT2D eigenvalue weighted by atomic mass is 16.6. The van der Waals surface area contributed by atoms with E-state index in [4.69, 9.17) is 14.2 Å². The molecule has 3 aromatic rings. The maximum Gasteiger partial charge on any atom is 0.308 e. The Kier molecular flexibility index (Phi) is 4.91. The average molecular weight is 393 g/mol. The number of hydrogen-bond acceptors (Lipinski definition) is 9. The number of aromatic nitrogens is 3. The molecule has 0 amide bonds. The van der Waals surface area contributed by atoms with Crippen molar-refractivity contribution in [3.05, 3.63) is 42.5 Å². The van der Waals surface area contributed by atoms with Gasteiger partial charge in [0.1, 0.15) is 19.0 Å². The minimum atomic E-state index is -0.421. The van der Waals surface area contributed by atoms with Crippen molar-refractivity contribution in [3.63, 3.8) is 0 Å². The molecule has 0 radical (unpaired) electrons. The number of fused-ring (bicyclic) bond motifs is 1. The Balaban J connectivity index is 1.61. The molecule has 29 heavy (non-hydrogen) atoms. The summed E-state index contributed by atoms with van der Waals surface area (Å²) in [6.07, 6.45) is 1.47. The summed E-state index contributed by atoms with van der Waals surface area (Å²) in [5.41, 5.74) is 1.25. The predicted molar refractivity (Wildman–Crippen MR) is 101 cm³/mol. The van der Waals surface area contributed by atoms with Crippen LogP contribution < -0.4 is 19.5 Å². The van der Waals surface area contributed by atoms with Gasteiger partial charge in [0.15, 0.2) is 11.5 Å². The Bertz CT molecular complexity index is 1100. The number of esters is 1. The smallest absolute Gasteiger partial charge is 0.308 e. The summed E-state index contributed by atoms with van der Waals surface area (Å²) < 4.78 is 17.4. The summed E-state index contributed by atoms with van der Waals surface area (Å²) in [6.45, 7) is 2.30. The molecule has 1 aliphatic heterocycles. The fourth-order valence-electron chi connectivity index (χ4n) is 2.71. The van der Waals surface area contributed by atoms with E-state index >= 15 is 0 Å². The van der Waals surface area contributed by atoms with Gasteiger partial charge in [-0.3, -0.25) is 4.79 Å². The van der Waals surface area contributed by atoms with Crippen LogP contribution in [0.15, 0.2) is 47.5 Å². The average Bonchev–Trinajstić information content (AvgIpc) is 3.10. The molecular weight excluding hydrogens is 378 g/mol. The molecule has 0 spiro atoms. The number of hydrogen-bond donors (Lipinski definition) is 1. The fourth-order valence-corrected chi connectivity index (χ4v) is 2.71. The number of nitrogens with one attached hydrogen (secondary N) is 1. The second-order valence-corrected chi connectivity index (χ2v) is 5.92. The first-order chi connectivity index (χ1) is 14.1. The molecule has 10 nitrogen and oxygen atoms in total. The third-order valence-corrected chi connectivity index (χ3v) is 3.88. The maximum atomic E-state index is 11.0. The molecule has 0 bridgehead atoms. The lowest BCUT2D eigenvalue weighted by molar-refractivity contribution is -0.131. The molecular formula is C19H15N5O5. The third kappa shape index (κ3) is 4.07. The fraction of sp³-hybridized carbons (Fsp3) is 0.158. The van der Waals surface area contributed by atoms with E-state index in [0.29, 0.717) is 41.8 Å². The third-order valence-electron chi connectivity index (χ3n) is 3.88. The Morgan fingerprint density at radius 2 is 1.93 bits per heavy atom. The number of nitrogens with zero attached hydrogens (tertiary/aromatic N) is 4. The highest BCUT2D eigenvalue weighted by Crippen LogP contribution is 2.33. The van der Waals surface area contributed by atoms with Crippen molar-refractivity contribution < 1.29 is 23.8 Å². The summed E-state index contributed by atoms with van der Waals surface area (Å²) in [5.74, 6) is 1.51. The minimum Gasteiger partial charge on any atom is -0.486 e. The van der Waals surface area contributed by atoms with Crippen molar-refractivity contribution in [1.29, 1.82) is 0 Å². The van der Waals surface area contributed by atoms with Crippen LogP contribution in [-0.4, -0.2) is 40.0 Å². The SMILES string of the molecule is CC(=O)Oc1ccc(-n2nc(Nc3ccc4c(c3)OCCO4)nc2N=C=O)cc1. The molecule has 2 aromatic carbocycles.